The zero-order valence-electron chi connectivity index (χ0n) is 32.8. The van der Waals surface area contributed by atoms with Gasteiger partial charge in [-0.15, -0.1) is 0 Å². The Morgan fingerprint density at radius 1 is 0.459 bits per heavy atom. The van der Waals surface area contributed by atoms with Gasteiger partial charge in [0.25, 0.3) is 0 Å². The molecule has 0 bridgehead atoms. The second kappa shape index (κ2) is 12.3. The topological polar surface area (TPSA) is 57.0 Å². The van der Waals surface area contributed by atoms with Gasteiger partial charge in [0.1, 0.15) is 22.3 Å². The summed E-state index contributed by atoms with van der Waals surface area (Å²) in [4.78, 5) is 11.0. The van der Waals surface area contributed by atoms with Crippen LogP contribution in [0.25, 0.3) is 116 Å². The van der Waals surface area contributed by atoms with Gasteiger partial charge in [-0.25, -0.2) is 9.97 Å². The molecule has 0 amide bonds. The van der Waals surface area contributed by atoms with Crippen molar-refractivity contribution in [2.24, 2.45) is 0 Å². The lowest BCUT2D eigenvalue weighted by atomic mass is 9.89. The summed E-state index contributed by atoms with van der Waals surface area (Å²) in [6.45, 7) is 0. The smallest absolute Gasteiger partial charge is 0.235 e. The zero-order valence-corrected chi connectivity index (χ0v) is 32.8. The number of furan rings is 2. The molecular formula is C56H33N3O2. The Hall–Kier alpha value is -8.02. The van der Waals surface area contributed by atoms with Crippen LogP contribution in [0.5, 0.6) is 0 Å². The number of hydrogen-bond donors (Lipinski definition) is 0. The molecule has 14 rings (SSSR count). The van der Waals surface area contributed by atoms with Crippen LogP contribution in [0.15, 0.2) is 191 Å². The standard InChI is InChI=1S/C56H33N3O2/c1-2-14-32(15-3-1)30-42-34-16-4-5-17-35(34)43-31-33(26-27-36(42)43)53-37-18-6-10-22-44(37)57-56(58-53)59-45-23-11-7-19-38(45)52-54(59)41-28-29-48-49(39-20-8-12-24-46(39)60-48)50(41)51-40-21-9-13-25-47(40)61-55(51)52/h1-29,31,42H,30H2. The average molecular weight is 780 g/mol. The van der Waals surface area contributed by atoms with Gasteiger partial charge < -0.3 is 8.83 Å². The summed E-state index contributed by atoms with van der Waals surface area (Å²) >= 11 is 0. The molecule has 1 aliphatic rings. The zero-order chi connectivity index (χ0) is 39.8. The van der Waals surface area contributed by atoms with Crippen molar-refractivity contribution in [2.75, 3.05) is 0 Å². The van der Waals surface area contributed by atoms with E-state index in [9.17, 15) is 0 Å². The predicted octanol–water partition coefficient (Wildman–Crippen LogP) is 14.7. The first-order chi connectivity index (χ1) is 30.3. The van der Waals surface area contributed by atoms with Gasteiger partial charge >= 0.3 is 0 Å². The van der Waals surface area contributed by atoms with Gasteiger partial charge in [-0.2, -0.15) is 0 Å². The van der Waals surface area contributed by atoms with Crippen molar-refractivity contribution in [2.45, 2.75) is 12.3 Å². The van der Waals surface area contributed by atoms with Crippen LogP contribution in [0.4, 0.5) is 0 Å². The Kier molecular flexibility index (Phi) is 6.61. The van der Waals surface area contributed by atoms with E-state index in [1.165, 1.54) is 27.8 Å². The average Bonchev–Trinajstić information content (AvgIpc) is 4.07. The minimum Gasteiger partial charge on any atom is -0.456 e. The molecule has 0 radical (unpaired) electrons. The molecule has 5 heteroatoms. The minimum atomic E-state index is 0.278. The van der Waals surface area contributed by atoms with Crippen molar-refractivity contribution in [3.63, 3.8) is 0 Å². The third-order valence-corrected chi connectivity index (χ3v) is 13.1. The fourth-order valence-corrected chi connectivity index (χ4v) is 10.6. The Morgan fingerprint density at radius 3 is 2.02 bits per heavy atom. The monoisotopic (exact) mass is 779 g/mol. The molecule has 1 atom stereocenters. The van der Waals surface area contributed by atoms with E-state index in [0.717, 1.165) is 105 Å². The second-order valence-electron chi connectivity index (χ2n) is 16.4. The highest BCUT2D eigenvalue weighted by molar-refractivity contribution is 6.40. The predicted molar refractivity (Wildman–Crippen MR) is 249 cm³/mol. The van der Waals surface area contributed by atoms with E-state index in [0.29, 0.717) is 5.95 Å². The second-order valence-corrected chi connectivity index (χ2v) is 16.4. The number of fused-ring (bicyclic) bond motifs is 18. The first-order valence-corrected chi connectivity index (χ1v) is 20.9. The van der Waals surface area contributed by atoms with E-state index < -0.39 is 0 Å². The molecule has 284 valence electrons. The Bertz CT molecular complexity index is 3980. The number of hydrogen-bond acceptors (Lipinski definition) is 4. The van der Waals surface area contributed by atoms with Crippen molar-refractivity contribution in [3.8, 4) is 28.3 Å². The Labute approximate surface area is 348 Å². The van der Waals surface area contributed by atoms with E-state index >= 15 is 0 Å². The molecule has 4 heterocycles. The van der Waals surface area contributed by atoms with Crippen molar-refractivity contribution in [3.05, 3.63) is 199 Å². The number of rotatable bonds is 4. The first kappa shape index (κ1) is 32.9. The highest BCUT2D eigenvalue weighted by atomic mass is 16.3. The van der Waals surface area contributed by atoms with Gasteiger partial charge in [-0.1, -0.05) is 140 Å². The highest BCUT2D eigenvalue weighted by Crippen LogP contribution is 2.50. The summed E-state index contributed by atoms with van der Waals surface area (Å²) in [5.74, 6) is 0.886. The maximum absolute atomic E-state index is 6.96. The van der Waals surface area contributed by atoms with E-state index in [4.69, 9.17) is 18.8 Å². The number of aromatic nitrogens is 3. The van der Waals surface area contributed by atoms with Crippen molar-refractivity contribution >= 4 is 87.4 Å². The number of para-hydroxylation sites is 4. The normalized spacial score (nSPS) is 13.8. The van der Waals surface area contributed by atoms with Crippen LogP contribution < -0.4 is 0 Å². The van der Waals surface area contributed by atoms with Gasteiger partial charge in [-0.3, -0.25) is 4.57 Å². The van der Waals surface area contributed by atoms with Gasteiger partial charge in [0.15, 0.2) is 0 Å². The fraction of sp³-hybridized carbons (Fsp3) is 0.0357. The van der Waals surface area contributed by atoms with Crippen LogP contribution >= 0.6 is 0 Å². The molecular weight excluding hydrogens is 747 g/mol. The first-order valence-electron chi connectivity index (χ1n) is 20.9. The molecule has 0 spiro atoms. The van der Waals surface area contributed by atoms with E-state index in [1.807, 2.05) is 18.2 Å². The largest absolute Gasteiger partial charge is 0.456 e. The third kappa shape index (κ3) is 4.55. The molecule has 61 heavy (non-hydrogen) atoms. The maximum atomic E-state index is 6.96. The van der Waals surface area contributed by atoms with Crippen LogP contribution in [0, 0.1) is 0 Å². The van der Waals surface area contributed by atoms with E-state index in [1.54, 1.807) is 0 Å². The molecule has 0 fully saturated rings. The molecule has 0 aliphatic heterocycles. The van der Waals surface area contributed by atoms with Crippen LogP contribution in [0.1, 0.15) is 22.6 Å². The molecule has 4 aromatic heterocycles. The maximum Gasteiger partial charge on any atom is 0.235 e. The summed E-state index contributed by atoms with van der Waals surface area (Å²) < 4.78 is 15.8. The summed E-state index contributed by atoms with van der Waals surface area (Å²) in [5, 5.41) is 9.63. The van der Waals surface area contributed by atoms with Crippen molar-refractivity contribution < 1.29 is 8.83 Å². The van der Waals surface area contributed by atoms with Crippen LogP contribution in [0.3, 0.4) is 0 Å². The number of nitrogens with zero attached hydrogens (tertiary/aromatic N) is 3. The molecule has 1 unspecified atom stereocenters. The van der Waals surface area contributed by atoms with Crippen LogP contribution in [-0.4, -0.2) is 14.5 Å². The summed E-state index contributed by atoms with van der Waals surface area (Å²) in [6, 6.07) is 64.7. The Morgan fingerprint density at radius 2 is 1.15 bits per heavy atom. The quantitative estimate of drug-likeness (QED) is 0.178. The van der Waals surface area contributed by atoms with Crippen molar-refractivity contribution in [1.82, 2.24) is 14.5 Å². The lowest BCUT2D eigenvalue weighted by Gasteiger charge is -2.15. The molecule has 9 aromatic carbocycles. The molecule has 0 saturated carbocycles. The molecule has 0 saturated heterocycles. The van der Waals surface area contributed by atoms with E-state index in [-0.39, 0.29) is 5.92 Å². The van der Waals surface area contributed by atoms with Crippen LogP contribution in [-0.2, 0) is 6.42 Å². The summed E-state index contributed by atoms with van der Waals surface area (Å²) in [7, 11) is 0. The van der Waals surface area contributed by atoms with Gasteiger partial charge in [0, 0.05) is 54.6 Å². The van der Waals surface area contributed by atoms with Gasteiger partial charge in [0.2, 0.25) is 5.95 Å². The summed E-state index contributed by atoms with van der Waals surface area (Å²) in [6.07, 6.45) is 0.950. The summed E-state index contributed by atoms with van der Waals surface area (Å²) in [5.41, 5.74) is 14.9. The molecule has 1 aliphatic carbocycles. The lowest BCUT2D eigenvalue weighted by Crippen LogP contribution is -2.04. The Balaban J connectivity index is 1.08. The van der Waals surface area contributed by atoms with E-state index in [2.05, 4.69) is 168 Å². The lowest BCUT2D eigenvalue weighted by molar-refractivity contribution is 0.669. The van der Waals surface area contributed by atoms with Gasteiger partial charge in [-0.05, 0) is 76.7 Å². The van der Waals surface area contributed by atoms with Crippen LogP contribution in [0.2, 0.25) is 0 Å². The molecule has 5 nitrogen and oxygen atoms in total. The van der Waals surface area contributed by atoms with Crippen molar-refractivity contribution in [1.29, 1.82) is 0 Å². The highest BCUT2D eigenvalue weighted by Gasteiger charge is 2.30. The SMILES string of the molecule is c1ccc(CC2c3ccccc3-c3cc(-c4nc(-n5c6ccccc6c6c7oc8ccccc8c7c7c(ccc8oc9ccccc9c87)c65)nc5ccccc45)ccc32)cc1. The molecule has 13 aromatic rings. The third-order valence-electron chi connectivity index (χ3n) is 13.1. The minimum absolute atomic E-state index is 0.278. The molecule has 0 N–H and O–H groups in total. The number of benzene rings is 9. The fourth-order valence-electron chi connectivity index (χ4n) is 10.6. The van der Waals surface area contributed by atoms with Gasteiger partial charge in [0.05, 0.1) is 27.6 Å².